The Labute approximate surface area is 98.0 Å². The molecule has 5 nitrogen and oxygen atoms in total. The van der Waals surface area contributed by atoms with E-state index < -0.39 is 23.2 Å². The van der Waals surface area contributed by atoms with Gasteiger partial charge < -0.3 is 4.74 Å². The van der Waals surface area contributed by atoms with E-state index in [2.05, 4.69) is 15.5 Å². The first-order valence-electron chi connectivity index (χ1n) is 4.80. The highest BCUT2D eigenvalue weighted by Crippen LogP contribution is 2.33. The van der Waals surface area contributed by atoms with Gasteiger partial charge in [-0.1, -0.05) is 11.3 Å². The molecular formula is C8H8F3N3O2S. The third-order valence-electron chi connectivity index (χ3n) is 2.12. The van der Waals surface area contributed by atoms with Gasteiger partial charge in [0.05, 0.1) is 0 Å². The van der Waals surface area contributed by atoms with E-state index in [1.54, 1.807) is 0 Å². The highest BCUT2D eigenvalue weighted by atomic mass is 32.1. The van der Waals surface area contributed by atoms with E-state index in [1.165, 1.54) is 0 Å². The Bertz CT molecular complexity index is 414. The summed E-state index contributed by atoms with van der Waals surface area (Å²) in [6, 6.07) is 0. The molecule has 0 bridgehead atoms. The van der Waals surface area contributed by atoms with Gasteiger partial charge in [0.2, 0.25) is 10.1 Å². The van der Waals surface area contributed by atoms with E-state index in [0.29, 0.717) is 24.4 Å². The van der Waals surface area contributed by atoms with Crippen molar-refractivity contribution in [3.63, 3.8) is 0 Å². The zero-order valence-electron chi connectivity index (χ0n) is 8.45. The SMILES string of the molecule is O=C(Nc1nnc(C(F)(F)F)s1)[C@H]1CCCO1. The second-order valence-corrected chi connectivity index (χ2v) is 4.38. The van der Waals surface area contributed by atoms with Crippen molar-refractivity contribution < 1.29 is 22.7 Å². The molecule has 1 aliphatic heterocycles. The molecule has 94 valence electrons. The van der Waals surface area contributed by atoms with E-state index in [0.717, 1.165) is 6.42 Å². The van der Waals surface area contributed by atoms with Crippen LogP contribution in [0.3, 0.4) is 0 Å². The van der Waals surface area contributed by atoms with Crippen LogP contribution in [0.2, 0.25) is 0 Å². The van der Waals surface area contributed by atoms with Crippen LogP contribution >= 0.6 is 11.3 Å². The molecule has 1 atom stereocenters. The van der Waals surface area contributed by atoms with Crippen molar-refractivity contribution >= 4 is 22.4 Å². The lowest BCUT2D eigenvalue weighted by molar-refractivity contribution is -0.138. The van der Waals surface area contributed by atoms with Crippen molar-refractivity contribution in [1.29, 1.82) is 0 Å². The lowest BCUT2D eigenvalue weighted by Crippen LogP contribution is -2.26. The number of alkyl halides is 3. The van der Waals surface area contributed by atoms with Crippen LogP contribution in [0.15, 0.2) is 0 Å². The van der Waals surface area contributed by atoms with Crippen LogP contribution in [0.1, 0.15) is 17.8 Å². The number of ether oxygens (including phenoxy) is 1. The second kappa shape index (κ2) is 4.57. The molecule has 0 spiro atoms. The minimum absolute atomic E-state index is 0.169. The molecule has 0 radical (unpaired) electrons. The second-order valence-electron chi connectivity index (χ2n) is 3.40. The maximum Gasteiger partial charge on any atom is 0.445 e. The summed E-state index contributed by atoms with van der Waals surface area (Å²) in [6.07, 6.45) is -3.81. The van der Waals surface area contributed by atoms with E-state index in [9.17, 15) is 18.0 Å². The van der Waals surface area contributed by atoms with Gasteiger partial charge in [0.1, 0.15) is 6.10 Å². The fraction of sp³-hybridized carbons (Fsp3) is 0.625. The molecule has 1 amide bonds. The molecule has 1 fully saturated rings. The predicted molar refractivity (Wildman–Crippen MR) is 52.5 cm³/mol. The summed E-state index contributed by atoms with van der Waals surface area (Å²) in [4.78, 5) is 11.5. The van der Waals surface area contributed by atoms with Crippen LogP contribution < -0.4 is 5.32 Å². The Morgan fingerprint density at radius 2 is 2.24 bits per heavy atom. The Morgan fingerprint density at radius 1 is 1.47 bits per heavy atom. The monoisotopic (exact) mass is 267 g/mol. The maximum absolute atomic E-state index is 12.2. The Kier molecular flexibility index (Phi) is 3.29. The smallest absolute Gasteiger partial charge is 0.368 e. The minimum atomic E-state index is -4.54. The molecule has 0 aromatic carbocycles. The minimum Gasteiger partial charge on any atom is -0.368 e. The zero-order valence-corrected chi connectivity index (χ0v) is 9.27. The van der Waals surface area contributed by atoms with Crippen molar-refractivity contribution in [2.24, 2.45) is 0 Å². The molecule has 1 saturated heterocycles. The molecule has 2 rings (SSSR count). The number of nitrogens with zero attached hydrogens (tertiary/aromatic N) is 2. The summed E-state index contributed by atoms with van der Waals surface area (Å²) in [7, 11) is 0. The zero-order chi connectivity index (χ0) is 12.5. The Morgan fingerprint density at radius 3 is 2.76 bits per heavy atom. The van der Waals surface area contributed by atoms with Crippen LogP contribution in [0.25, 0.3) is 0 Å². The lowest BCUT2D eigenvalue weighted by atomic mass is 10.2. The molecule has 2 heterocycles. The largest absolute Gasteiger partial charge is 0.445 e. The lowest BCUT2D eigenvalue weighted by Gasteiger charge is -2.07. The van der Waals surface area contributed by atoms with E-state index in [4.69, 9.17) is 4.74 Å². The van der Waals surface area contributed by atoms with E-state index in [-0.39, 0.29) is 5.13 Å². The first-order valence-corrected chi connectivity index (χ1v) is 5.61. The van der Waals surface area contributed by atoms with Gasteiger partial charge in [-0.05, 0) is 12.8 Å². The molecule has 0 aliphatic carbocycles. The van der Waals surface area contributed by atoms with Gasteiger partial charge in [-0.2, -0.15) is 13.2 Å². The normalized spacial score (nSPS) is 20.5. The number of aromatic nitrogens is 2. The average molecular weight is 267 g/mol. The summed E-state index contributed by atoms with van der Waals surface area (Å²) >= 11 is 0.292. The van der Waals surface area contributed by atoms with Gasteiger partial charge in [-0.3, -0.25) is 10.1 Å². The van der Waals surface area contributed by atoms with Gasteiger partial charge in [0.25, 0.3) is 5.91 Å². The van der Waals surface area contributed by atoms with Gasteiger partial charge in [-0.15, -0.1) is 10.2 Å². The summed E-state index contributed by atoms with van der Waals surface area (Å²) in [5, 5.41) is 7.22. The van der Waals surface area contributed by atoms with Gasteiger partial charge in [0.15, 0.2) is 0 Å². The third-order valence-corrected chi connectivity index (χ3v) is 3.00. The first-order chi connectivity index (χ1) is 7.97. The van der Waals surface area contributed by atoms with Gasteiger partial charge in [-0.25, -0.2) is 0 Å². The fourth-order valence-electron chi connectivity index (χ4n) is 1.36. The van der Waals surface area contributed by atoms with Gasteiger partial charge in [0, 0.05) is 6.61 Å². The predicted octanol–water partition coefficient (Wildman–Crippen LogP) is 1.67. The van der Waals surface area contributed by atoms with Crippen LogP contribution in [-0.4, -0.2) is 28.8 Å². The van der Waals surface area contributed by atoms with Gasteiger partial charge >= 0.3 is 6.18 Å². The van der Waals surface area contributed by atoms with Crippen LogP contribution in [0.5, 0.6) is 0 Å². The molecular weight excluding hydrogens is 259 g/mol. The summed E-state index contributed by atoms with van der Waals surface area (Å²) in [5.41, 5.74) is 0. The molecule has 1 aromatic rings. The fourth-order valence-corrected chi connectivity index (χ4v) is 1.97. The number of carbonyl (C=O) groups excluding carboxylic acids is 1. The Balaban J connectivity index is 1.99. The van der Waals surface area contributed by atoms with Crippen molar-refractivity contribution in [2.45, 2.75) is 25.1 Å². The average Bonchev–Trinajstić information content (AvgIpc) is 2.85. The number of halogens is 3. The van der Waals surface area contributed by atoms with Crippen molar-refractivity contribution in [1.82, 2.24) is 10.2 Å². The van der Waals surface area contributed by atoms with Crippen molar-refractivity contribution in [2.75, 3.05) is 11.9 Å². The molecule has 1 aliphatic rings. The maximum atomic E-state index is 12.2. The quantitative estimate of drug-likeness (QED) is 0.885. The van der Waals surface area contributed by atoms with Crippen molar-refractivity contribution in [3.05, 3.63) is 5.01 Å². The van der Waals surface area contributed by atoms with Crippen molar-refractivity contribution in [3.8, 4) is 0 Å². The van der Waals surface area contributed by atoms with Crippen LogP contribution in [0, 0.1) is 0 Å². The molecule has 1 N–H and O–H groups in total. The highest BCUT2D eigenvalue weighted by molar-refractivity contribution is 7.15. The molecule has 0 unspecified atom stereocenters. The molecule has 17 heavy (non-hydrogen) atoms. The highest BCUT2D eigenvalue weighted by Gasteiger charge is 2.36. The van der Waals surface area contributed by atoms with Crippen LogP contribution in [-0.2, 0) is 15.7 Å². The number of anilines is 1. The topological polar surface area (TPSA) is 64.1 Å². The third kappa shape index (κ3) is 2.91. The number of hydrogen-bond donors (Lipinski definition) is 1. The number of nitrogens with one attached hydrogen (secondary N) is 1. The first kappa shape index (κ1) is 12.2. The summed E-state index contributed by atoms with van der Waals surface area (Å²) in [5.74, 6) is -0.479. The number of hydrogen-bond acceptors (Lipinski definition) is 5. The molecule has 9 heteroatoms. The number of carbonyl (C=O) groups is 1. The summed E-state index contributed by atoms with van der Waals surface area (Å²) in [6.45, 7) is 0.488. The standard InChI is InChI=1S/C8H8F3N3O2S/c9-8(10,11)6-13-14-7(17-6)12-5(15)4-2-1-3-16-4/h4H,1-3H2,(H,12,14,15)/t4-/m1/s1. The molecule has 1 aromatic heterocycles. The molecule has 0 saturated carbocycles. The van der Waals surface area contributed by atoms with E-state index >= 15 is 0 Å². The van der Waals surface area contributed by atoms with E-state index in [1.807, 2.05) is 0 Å². The summed E-state index contributed by atoms with van der Waals surface area (Å²) < 4.78 is 41.7. The number of amides is 1. The van der Waals surface area contributed by atoms with Crippen LogP contribution in [0.4, 0.5) is 18.3 Å². The Hall–Kier alpha value is -1.22. The number of rotatable bonds is 2.